The molecule has 0 unspecified atom stereocenters. The lowest BCUT2D eigenvalue weighted by Crippen LogP contribution is -2.24. The van der Waals surface area contributed by atoms with Crippen LogP contribution in [0.2, 0.25) is 0 Å². The van der Waals surface area contributed by atoms with Crippen LogP contribution in [0.3, 0.4) is 0 Å². The van der Waals surface area contributed by atoms with Gasteiger partial charge in [-0.05, 0) is 25.5 Å². The van der Waals surface area contributed by atoms with Crippen molar-refractivity contribution >= 4 is 5.82 Å². The number of aliphatic hydroxyl groups excluding tert-OH is 1. The summed E-state index contributed by atoms with van der Waals surface area (Å²) >= 11 is 0. The molecular formula is C12H16N2O. The fourth-order valence-electron chi connectivity index (χ4n) is 1.38. The van der Waals surface area contributed by atoms with Crippen LogP contribution in [0, 0.1) is 19.3 Å². The highest BCUT2D eigenvalue weighted by Gasteiger charge is 2.06. The lowest BCUT2D eigenvalue weighted by Gasteiger charge is -2.19. The zero-order valence-corrected chi connectivity index (χ0v) is 9.20. The summed E-state index contributed by atoms with van der Waals surface area (Å²) in [6, 6.07) is 3.77. The summed E-state index contributed by atoms with van der Waals surface area (Å²) in [7, 11) is 0. The number of pyridine rings is 1. The molecule has 0 amide bonds. The lowest BCUT2D eigenvalue weighted by molar-refractivity contribution is 0.280. The summed E-state index contributed by atoms with van der Waals surface area (Å²) in [5.74, 6) is 3.47. The molecular weight excluding hydrogens is 188 g/mol. The molecule has 0 bridgehead atoms. The second kappa shape index (κ2) is 5.38. The van der Waals surface area contributed by atoms with Crippen molar-refractivity contribution in [2.45, 2.75) is 20.5 Å². The molecule has 1 heterocycles. The predicted octanol–water partition coefficient (Wildman–Crippen LogP) is 1.34. The third-order valence-corrected chi connectivity index (χ3v) is 2.34. The number of nitrogens with zero attached hydrogens (tertiary/aromatic N) is 2. The number of rotatable bonds is 4. The molecule has 0 aliphatic carbocycles. The summed E-state index contributed by atoms with van der Waals surface area (Å²) in [4.78, 5) is 6.41. The summed E-state index contributed by atoms with van der Waals surface area (Å²) in [6.07, 6.45) is 5.28. The number of hydrogen-bond acceptors (Lipinski definition) is 3. The van der Waals surface area contributed by atoms with Crippen molar-refractivity contribution in [3.05, 3.63) is 23.4 Å². The number of aryl methyl sites for hydroxylation is 1. The van der Waals surface area contributed by atoms with E-state index in [-0.39, 0.29) is 6.61 Å². The van der Waals surface area contributed by atoms with Crippen LogP contribution >= 0.6 is 0 Å². The number of aromatic nitrogens is 1. The summed E-state index contributed by atoms with van der Waals surface area (Å²) in [5.41, 5.74) is 1.71. The highest BCUT2D eigenvalue weighted by molar-refractivity contribution is 5.42. The van der Waals surface area contributed by atoms with Crippen molar-refractivity contribution in [1.82, 2.24) is 4.98 Å². The van der Waals surface area contributed by atoms with E-state index in [1.807, 2.05) is 30.9 Å². The molecule has 1 rings (SSSR count). The molecule has 0 atom stereocenters. The van der Waals surface area contributed by atoms with Crippen LogP contribution in [0.25, 0.3) is 0 Å². The van der Waals surface area contributed by atoms with Crippen molar-refractivity contribution in [1.29, 1.82) is 0 Å². The molecule has 0 spiro atoms. The molecule has 1 aromatic rings. The van der Waals surface area contributed by atoms with Crippen molar-refractivity contribution < 1.29 is 5.11 Å². The van der Waals surface area contributed by atoms with Crippen molar-refractivity contribution in [3.8, 4) is 12.3 Å². The molecule has 0 aliphatic heterocycles. The van der Waals surface area contributed by atoms with Crippen LogP contribution in [0.15, 0.2) is 12.1 Å². The van der Waals surface area contributed by atoms with Gasteiger partial charge in [0.15, 0.2) is 0 Å². The fraction of sp³-hybridized carbons (Fsp3) is 0.417. The molecule has 0 fully saturated rings. The molecule has 3 heteroatoms. The van der Waals surface area contributed by atoms with Crippen LogP contribution in [0.1, 0.15) is 18.2 Å². The third kappa shape index (κ3) is 2.71. The first-order valence-corrected chi connectivity index (χ1v) is 4.98. The molecule has 0 radical (unpaired) electrons. The fourth-order valence-corrected chi connectivity index (χ4v) is 1.38. The molecule has 0 saturated heterocycles. The molecule has 1 N–H and O–H groups in total. The maximum Gasteiger partial charge on any atom is 0.129 e. The Bertz CT molecular complexity index is 368. The molecule has 3 nitrogen and oxygen atoms in total. The van der Waals surface area contributed by atoms with E-state index < -0.39 is 0 Å². The quantitative estimate of drug-likeness (QED) is 0.752. The van der Waals surface area contributed by atoms with Gasteiger partial charge in [0, 0.05) is 12.2 Å². The minimum absolute atomic E-state index is 0.0282. The Morgan fingerprint density at radius 2 is 2.27 bits per heavy atom. The van der Waals surface area contributed by atoms with Gasteiger partial charge in [0.05, 0.1) is 13.2 Å². The molecule has 0 aromatic carbocycles. The summed E-state index contributed by atoms with van der Waals surface area (Å²) < 4.78 is 0. The molecule has 80 valence electrons. The first kappa shape index (κ1) is 11.5. The number of hydrogen-bond donors (Lipinski definition) is 1. The summed E-state index contributed by atoms with van der Waals surface area (Å²) in [6.45, 7) is 5.34. The van der Waals surface area contributed by atoms with E-state index in [1.54, 1.807) is 0 Å². The van der Waals surface area contributed by atoms with Gasteiger partial charge in [-0.25, -0.2) is 4.98 Å². The largest absolute Gasteiger partial charge is 0.392 e. The highest BCUT2D eigenvalue weighted by Crippen LogP contribution is 2.14. The van der Waals surface area contributed by atoms with E-state index in [0.717, 1.165) is 23.6 Å². The van der Waals surface area contributed by atoms with E-state index in [4.69, 9.17) is 11.5 Å². The van der Waals surface area contributed by atoms with Crippen molar-refractivity contribution in [3.63, 3.8) is 0 Å². The van der Waals surface area contributed by atoms with Gasteiger partial charge in [-0.2, -0.15) is 0 Å². The van der Waals surface area contributed by atoms with E-state index in [2.05, 4.69) is 10.9 Å². The molecule has 15 heavy (non-hydrogen) atoms. The Labute approximate surface area is 90.8 Å². The Morgan fingerprint density at radius 1 is 1.53 bits per heavy atom. The van der Waals surface area contributed by atoms with Crippen molar-refractivity contribution in [2.24, 2.45) is 0 Å². The third-order valence-electron chi connectivity index (χ3n) is 2.34. The minimum Gasteiger partial charge on any atom is -0.392 e. The zero-order chi connectivity index (χ0) is 11.3. The smallest absolute Gasteiger partial charge is 0.129 e. The zero-order valence-electron chi connectivity index (χ0n) is 9.20. The Morgan fingerprint density at radius 3 is 2.73 bits per heavy atom. The lowest BCUT2D eigenvalue weighted by atomic mass is 10.2. The van der Waals surface area contributed by atoms with Crippen LogP contribution in [0.5, 0.6) is 0 Å². The van der Waals surface area contributed by atoms with E-state index in [9.17, 15) is 0 Å². The van der Waals surface area contributed by atoms with Gasteiger partial charge < -0.3 is 10.0 Å². The van der Waals surface area contributed by atoms with Crippen LogP contribution in [0.4, 0.5) is 5.82 Å². The number of aliphatic hydroxyl groups is 1. The highest BCUT2D eigenvalue weighted by atomic mass is 16.3. The monoisotopic (exact) mass is 204 g/mol. The van der Waals surface area contributed by atoms with Gasteiger partial charge in [0.1, 0.15) is 5.82 Å². The van der Waals surface area contributed by atoms with E-state index in [1.165, 1.54) is 0 Å². The minimum atomic E-state index is 0.0282. The van der Waals surface area contributed by atoms with Gasteiger partial charge in [-0.3, -0.25) is 0 Å². The predicted molar refractivity (Wildman–Crippen MR) is 61.6 cm³/mol. The van der Waals surface area contributed by atoms with Gasteiger partial charge in [-0.1, -0.05) is 12.0 Å². The van der Waals surface area contributed by atoms with Gasteiger partial charge >= 0.3 is 0 Å². The van der Waals surface area contributed by atoms with Gasteiger partial charge in [0.2, 0.25) is 0 Å². The maximum absolute atomic E-state index is 9.02. The molecule has 1 aromatic heterocycles. The van der Waals surface area contributed by atoms with E-state index >= 15 is 0 Å². The average molecular weight is 204 g/mol. The Kier molecular flexibility index (Phi) is 4.14. The molecule has 0 aliphatic rings. The SMILES string of the molecule is C#CCN(CC)c1ccc(CO)c(C)n1. The first-order valence-electron chi connectivity index (χ1n) is 4.98. The maximum atomic E-state index is 9.02. The molecule has 0 saturated carbocycles. The Balaban J connectivity index is 2.95. The normalized spacial score (nSPS) is 9.73. The van der Waals surface area contributed by atoms with Crippen LogP contribution in [-0.4, -0.2) is 23.2 Å². The van der Waals surface area contributed by atoms with Gasteiger partial charge in [0.25, 0.3) is 0 Å². The average Bonchev–Trinajstić information content (AvgIpc) is 2.25. The second-order valence-corrected chi connectivity index (χ2v) is 3.29. The Hall–Kier alpha value is -1.53. The topological polar surface area (TPSA) is 36.4 Å². The van der Waals surface area contributed by atoms with Crippen LogP contribution < -0.4 is 4.90 Å². The van der Waals surface area contributed by atoms with Crippen LogP contribution in [-0.2, 0) is 6.61 Å². The second-order valence-electron chi connectivity index (χ2n) is 3.29. The standard InChI is InChI=1S/C12H16N2O/c1-4-8-14(5-2)12-7-6-11(9-15)10(3)13-12/h1,6-7,15H,5,8-9H2,2-3H3. The van der Waals surface area contributed by atoms with E-state index in [0.29, 0.717) is 6.54 Å². The number of terminal acetylenes is 1. The first-order chi connectivity index (χ1) is 7.22. The van der Waals surface area contributed by atoms with Gasteiger partial charge in [-0.15, -0.1) is 6.42 Å². The number of anilines is 1. The van der Waals surface area contributed by atoms with Crippen molar-refractivity contribution in [2.75, 3.05) is 18.0 Å². The summed E-state index contributed by atoms with van der Waals surface area (Å²) in [5, 5.41) is 9.02.